The van der Waals surface area contributed by atoms with E-state index >= 15 is 0 Å². The van der Waals surface area contributed by atoms with E-state index in [0.717, 1.165) is 24.0 Å². The second-order valence-electron chi connectivity index (χ2n) is 5.17. The smallest absolute Gasteiger partial charge is 0.161 e. The van der Waals surface area contributed by atoms with Crippen molar-refractivity contribution in [2.45, 2.75) is 26.3 Å². The highest BCUT2D eigenvalue weighted by Gasteiger charge is 2.16. The molecule has 0 amide bonds. The predicted molar refractivity (Wildman–Crippen MR) is 73.2 cm³/mol. The molecule has 100 valence electrons. The zero-order valence-electron chi connectivity index (χ0n) is 11.6. The Morgan fingerprint density at radius 1 is 1.22 bits per heavy atom. The molecule has 1 atom stereocenters. The summed E-state index contributed by atoms with van der Waals surface area (Å²) >= 11 is 0. The number of rotatable bonds is 4. The number of ether oxygens (including phenoxy) is 2. The van der Waals surface area contributed by atoms with Gasteiger partial charge >= 0.3 is 0 Å². The Labute approximate surface area is 110 Å². The number of hydrogen-bond donors (Lipinski definition) is 0. The minimum atomic E-state index is 0.799. The molecule has 1 saturated heterocycles. The summed E-state index contributed by atoms with van der Waals surface area (Å²) in [5, 5.41) is 0. The Hall–Kier alpha value is -1.22. The van der Waals surface area contributed by atoms with E-state index in [9.17, 15) is 0 Å². The second kappa shape index (κ2) is 6.10. The first-order chi connectivity index (χ1) is 8.72. The van der Waals surface area contributed by atoms with Crippen LogP contribution in [0.1, 0.15) is 25.3 Å². The lowest BCUT2D eigenvalue weighted by atomic mass is 10.00. The molecule has 1 aromatic rings. The van der Waals surface area contributed by atoms with Crippen LogP contribution in [-0.2, 0) is 6.54 Å². The minimum absolute atomic E-state index is 0.799. The summed E-state index contributed by atoms with van der Waals surface area (Å²) in [6.07, 6.45) is 2.68. The standard InChI is InChI=1S/C15H23NO2/c1-12-5-4-8-16(10-12)11-13-6-7-14(17-2)15(9-13)18-3/h6-7,9,12H,4-5,8,10-11H2,1-3H3/t12-/m1/s1. The highest BCUT2D eigenvalue weighted by atomic mass is 16.5. The SMILES string of the molecule is COc1ccc(CN2CCC[C@@H](C)C2)cc1OC. The number of methoxy groups -OCH3 is 2. The summed E-state index contributed by atoms with van der Waals surface area (Å²) in [4.78, 5) is 2.52. The van der Waals surface area contributed by atoms with Crippen molar-refractivity contribution in [1.82, 2.24) is 4.90 Å². The van der Waals surface area contributed by atoms with E-state index in [0.29, 0.717) is 0 Å². The lowest BCUT2D eigenvalue weighted by molar-refractivity contribution is 0.176. The average molecular weight is 249 g/mol. The van der Waals surface area contributed by atoms with Crippen molar-refractivity contribution in [3.05, 3.63) is 23.8 Å². The molecule has 0 aromatic heterocycles. The number of benzene rings is 1. The van der Waals surface area contributed by atoms with Crippen molar-refractivity contribution in [2.24, 2.45) is 5.92 Å². The van der Waals surface area contributed by atoms with Crippen LogP contribution in [0.15, 0.2) is 18.2 Å². The molecule has 1 fully saturated rings. The first-order valence-corrected chi connectivity index (χ1v) is 6.66. The fourth-order valence-electron chi connectivity index (χ4n) is 2.67. The Morgan fingerprint density at radius 2 is 2.00 bits per heavy atom. The molecule has 0 unspecified atom stereocenters. The van der Waals surface area contributed by atoms with Crippen LogP contribution in [0.25, 0.3) is 0 Å². The van der Waals surface area contributed by atoms with Gasteiger partial charge in [-0.1, -0.05) is 13.0 Å². The zero-order valence-corrected chi connectivity index (χ0v) is 11.6. The van der Waals surface area contributed by atoms with Crippen LogP contribution in [0.5, 0.6) is 11.5 Å². The molecule has 3 heteroatoms. The fraction of sp³-hybridized carbons (Fsp3) is 0.600. The predicted octanol–water partition coefficient (Wildman–Crippen LogP) is 2.94. The lowest BCUT2D eigenvalue weighted by Crippen LogP contribution is -2.33. The molecule has 0 N–H and O–H groups in total. The monoisotopic (exact) mass is 249 g/mol. The number of nitrogens with zero attached hydrogens (tertiary/aromatic N) is 1. The topological polar surface area (TPSA) is 21.7 Å². The van der Waals surface area contributed by atoms with Crippen LogP contribution in [0, 0.1) is 5.92 Å². The molecule has 18 heavy (non-hydrogen) atoms. The average Bonchev–Trinajstić information content (AvgIpc) is 2.38. The maximum atomic E-state index is 5.34. The molecule has 0 aliphatic carbocycles. The first kappa shape index (κ1) is 13.2. The summed E-state index contributed by atoms with van der Waals surface area (Å²) in [7, 11) is 3.36. The molecule has 1 aromatic carbocycles. The van der Waals surface area contributed by atoms with Gasteiger partial charge in [-0.3, -0.25) is 4.90 Å². The van der Waals surface area contributed by atoms with E-state index < -0.39 is 0 Å². The van der Waals surface area contributed by atoms with Gasteiger partial charge in [0, 0.05) is 13.1 Å². The van der Waals surface area contributed by atoms with Crippen LogP contribution in [0.3, 0.4) is 0 Å². The van der Waals surface area contributed by atoms with E-state index in [1.807, 2.05) is 6.07 Å². The van der Waals surface area contributed by atoms with Gasteiger partial charge in [-0.25, -0.2) is 0 Å². The third kappa shape index (κ3) is 3.16. The lowest BCUT2D eigenvalue weighted by Gasteiger charge is -2.30. The maximum Gasteiger partial charge on any atom is 0.161 e. The van der Waals surface area contributed by atoms with Gasteiger partial charge in [-0.2, -0.15) is 0 Å². The second-order valence-corrected chi connectivity index (χ2v) is 5.17. The van der Waals surface area contributed by atoms with Gasteiger partial charge < -0.3 is 9.47 Å². The zero-order chi connectivity index (χ0) is 13.0. The number of likely N-dealkylation sites (tertiary alicyclic amines) is 1. The maximum absolute atomic E-state index is 5.34. The van der Waals surface area contributed by atoms with Crippen molar-refractivity contribution >= 4 is 0 Å². The highest BCUT2D eigenvalue weighted by Crippen LogP contribution is 2.28. The van der Waals surface area contributed by atoms with Gasteiger partial charge in [0.25, 0.3) is 0 Å². The van der Waals surface area contributed by atoms with E-state index in [2.05, 4.69) is 24.0 Å². The molecule has 1 aliphatic rings. The molecule has 0 spiro atoms. The van der Waals surface area contributed by atoms with Gasteiger partial charge in [-0.15, -0.1) is 0 Å². The van der Waals surface area contributed by atoms with Crippen molar-refractivity contribution in [3.63, 3.8) is 0 Å². The molecule has 0 radical (unpaired) electrons. The van der Waals surface area contributed by atoms with Crippen molar-refractivity contribution in [1.29, 1.82) is 0 Å². The van der Waals surface area contributed by atoms with Crippen LogP contribution in [0.4, 0.5) is 0 Å². The first-order valence-electron chi connectivity index (χ1n) is 6.66. The Balaban J connectivity index is 2.04. The van der Waals surface area contributed by atoms with Gasteiger partial charge in [0.2, 0.25) is 0 Å². The molecule has 0 saturated carbocycles. The quantitative estimate of drug-likeness (QED) is 0.819. The molecular weight excluding hydrogens is 226 g/mol. The van der Waals surface area contributed by atoms with E-state index in [4.69, 9.17) is 9.47 Å². The van der Waals surface area contributed by atoms with Crippen molar-refractivity contribution < 1.29 is 9.47 Å². The van der Waals surface area contributed by atoms with Gasteiger partial charge in [0.15, 0.2) is 11.5 Å². The summed E-state index contributed by atoms with van der Waals surface area (Å²) in [5.74, 6) is 2.44. The Morgan fingerprint density at radius 3 is 2.67 bits per heavy atom. The Kier molecular flexibility index (Phi) is 4.48. The molecule has 1 heterocycles. The molecule has 0 bridgehead atoms. The molecular formula is C15H23NO2. The van der Waals surface area contributed by atoms with E-state index in [1.165, 1.54) is 31.5 Å². The third-order valence-electron chi connectivity index (χ3n) is 3.60. The Bertz CT molecular complexity index is 392. The van der Waals surface area contributed by atoms with Gasteiger partial charge in [-0.05, 0) is 43.0 Å². The van der Waals surface area contributed by atoms with Crippen molar-refractivity contribution in [3.8, 4) is 11.5 Å². The van der Waals surface area contributed by atoms with Crippen LogP contribution in [-0.4, -0.2) is 32.2 Å². The van der Waals surface area contributed by atoms with Crippen LogP contribution in [0.2, 0.25) is 0 Å². The van der Waals surface area contributed by atoms with E-state index in [-0.39, 0.29) is 0 Å². The summed E-state index contributed by atoms with van der Waals surface area (Å²) in [6.45, 7) is 5.75. The highest BCUT2D eigenvalue weighted by molar-refractivity contribution is 5.42. The van der Waals surface area contributed by atoms with Crippen molar-refractivity contribution in [2.75, 3.05) is 27.3 Å². The van der Waals surface area contributed by atoms with Crippen LogP contribution >= 0.6 is 0 Å². The number of piperidine rings is 1. The summed E-state index contributed by atoms with van der Waals surface area (Å²) in [6, 6.07) is 6.19. The molecule has 2 rings (SSSR count). The van der Waals surface area contributed by atoms with Gasteiger partial charge in [0.05, 0.1) is 14.2 Å². The minimum Gasteiger partial charge on any atom is -0.493 e. The number of hydrogen-bond acceptors (Lipinski definition) is 3. The summed E-state index contributed by atoms with van der Waals surface area (Å²) < 4.78 is 10.6. The third-order valence-corrected chi connectivity index (χ3v) is 3.60. The van der Waals surface area contributed by atoms with E-state index in [1.54, 1.807) is 14.2 Å². The normalized spacial score (nSPS) is 20.7. The largest absolute Gasteiger partial charge is 0.493 e. The molecule has 1 aliphatic heterocycles. The molecule has 3 nitrogen and oxygen atoms in total. The fourth-order valence-corrected chi connectivity index (χ4v) is 2.67. The van der Waals surface area contributed by atoms with Gasteiger partial charge in [0.1, 0.15) is 0 Å². The van der Waals surface area contributed by atoms with Crippen LogP contribution < -0.4 is 9.47 Å². The summed E-state index contributed by atoms with van der Waals surface area (Å²) in [5.41, 5.74) is 1.29.